The van der Waals surface area contributed by atoms with E-state index in [9.17, 15) is 23.1 Å². The maximum atomic E-state index is 12.9. The Balaban J connectivity index is 1.36. The van der Waals surface area contributed by atoms with Crippen molar-refractivity contribution in [3.8, 4) is 0 Å². The number of halogens is 3. The van der Waals surface area contributed by atoms with Crippen LogP contribution in [-0.2, 0) is 4.79 Å². The van der Waals surface area contributed by atoms with E-state index in [2.05, 4.69) is 10.6 Å². The lowest BCUT2D eigenvalue weighted by molar-refractivity contribution is -0.370. The number of fused-ring (bicyclic) bond motifs is 1. The molecule has 4 aliphatic carbocycles. The number of aliphatic hydroxyl groups is 1. The molecule has 5 aliphatic rings. The van der Waals surface area contributed by atoms with Crippen molar-refractivity contribution in [3.63, 3.8) is 0 Å². The third-order valence-electron chi connectivity index (χ3n) is 6.10. The Hall–Kier alpha value is -0.820. The Morgan fingerprint density at radius 3 is 2.48 bits per heavy atom. The molecular weight excluding hydrogens is 285 g/mol. The second-order valence-corrected chi connectivity index (χ2v) is 7.47. The summed E-state index contributed by atoms with van der Waals surface area (Å²) < 4.78 is 38.6. The quantitative estimate of drug-likeness (QED) is 0.724. The van der Waals surface area contributed by atoms with Crippen LogP contribution in [0, 0.1) is 16.7 Å². The van der Waals surface area contributed by atoms with E-state index in [4.69, 9.17) is 0 Å². The molecule has 0 aromatic carbocycles. The first-order valence-electron chi connectivity index (χ1n) is 7.53. The summed E-state index contributed by atoms with van der Waals surface area (Å²) in [6.07, 6.45) is -2.12. The lowest BCUT2D eigenvalue weighted by Gasteiger charge is -2.72. The number of nitrogens with one attached hydrogen (secondary N) is 2. The molecule has 3 N–H and O–H groups in total. The Morgan fingerprint density at radius 2 is 2.00 bits per heavy atom. The first-order valence-corrected chi connectivity index (χ1v) is 7.53. The summed E-state index contributed by atoms with van der Waals surface area (Å²) in [6.45, 7) is -0.292. The molecule has 0 spiro atoms. The Morgan fingerprint density at radius 1 is 1.33 bits per heavy atom. The summed E-state index contributed by atoms with van der Waals surface area (Å²) in [6, 6.07) is -0.351. The SMILES string of the molecule is O=C(N[C@H](CO)C12CC(C(F)(F)F)(C1)C2)[C@@H]1C[C@H]2C[C@H]2N1. The van der Waals surface area contributed by atoms with Crippen LogP contribution in [0.2, 0.25) is 0 Å². The third kappa shape index (κ3) is 1.79. The van der Waals surface area contributed by atoms with Crippen molar-refractivity contribution in [1.29, 1.82) is 0 Å². The van der Waals surface area contributed by atoms with Crippen LogP contribution < -0.4 is 10.6 Å². The van der Waals surface area contributed by atoms with E-state index in [0.29, 0.717) is 12.0 Å². The van der Waals surface area contributed by atoms with E-state index in [-0.39, 0.29) is 37.8 Å². The average molecular weight is 304 g/mol. The van der Waals surface area contributed by atoms with Crippen molar-refractivity contribution >= 4 is 5.91 Å². The zero-order chi connectivity index (χ0) is 15.0. The molecule has 4 atom stereocenters. The number of carbonyl (C=O) groups is 1. The molecule has 0 aromatic rings. The molecule has 1 saturated heterocycles. The van der Waals surface area contributed by atoms with Crippen LogP contribution in [0.3, 0.4) is 0 Å². The summed E-state index contributed by atoms with van der Waals surface area (Å²) in [5.41, 5.74) is -2.08. The minimum absolute atomic E-state index is 0.0400. The fraction of sp³-hybridized carbons (Fsp3) is 0.929. The standard InChI is InChI=1S/C14H19F3N2O2/c15-14(16,17)13-4-12(5-13,6-13)10(3-20)19-11(21)9-2-7-1-8(7)18-9/h7-10,18,20H,1-6H2,(H,19,21)/t7-,8-,9+,10-,12?,13?/m1/s1. The highest BCUT2D eigenvalue weighted by molar-refractivity contribution is 5.83. The third-order valence-corrected chi connectivity index (χ3v) is 6.10. The molecule has 2 bridgehead atoms. The van der Waals surface area contributed by atoms with Gasteiger partial charge >= 0.3 is 6.18 Å². The normalized spacial score (nSPS) is 47.9. The van der Waals surface area contributed by atoms with Gasteiger partial charge in [-0.2, -0.15) is 13.2 Å². The van der Waals surface area contributed by atoms with Crippen molar-refractivity contribution in [2.45, 2.75) is 56.4 Å². The molecule has 1 aliphatic heterocycles. The van der Waals surface area contributed by atoms with Crippen molar-refractivity contribution in [1.82, 2.24) is 10.6 Å². The van der Waals surface area contributed by atoms with Crippen LogP contribution in [0.25, 0.3) is 0 Å². The highest BCUT2D eigenvalue weighted by Crippen LogP contribution is 2.79. The van der Waals surface area contributed by atoms with Gasteiger partial charge in [0.25, 0.3) is 0 Å². The van der Waals surface area contributed by atoms with Gasteiger partial charge in [-0.25, -0.2) is 0 Å². The average Bonchev–Trinajstić information content (AvgIpc) is 2.89. The van der Waals surface area contributed by atoms with Crippen molar-refractivity contribution in [2.75, 3.05) is 6.61 Å². The maximum absolute atomic E-state index is 12.9. The van der Waals surface area contributed by atoms with E-state index in [0.717, 1.165) is 12.8 Å². The van der Waals surface area contributed by atoms with E-state index in [1.54, 1.807) is 0 Å². The monoisotopic (exact) mass is 304 g/mol. The lowest BCUT2D eigenvalue weighted by Crippen LogP contribution is -2.75. The molecule has 4 saturated carbocycles. The Labute approximate surface area is 120 Å². The predicted molar refractivity (Wildman–Crippen MR) is 67.2 cm³/mol. The largest absolute Gasteiger partial charge is 0.394 e. The number of aliphatic hydroxyl groups excluding tert-OH is 1. The molecule has 7 heteroatoms. The van der Waals surface area contributed by atoms with Crippen LogP contribution in [0.1, 0.15) is 32.1 Å². The molecule has 0 aromatic heterocycles. The van der Waals surface area contributed by atoms with Gasteiger partial charge in [0.05, 0.1) is 24.1 Å². The fourth-order valence-electron chi connectivity index (χ4n) is 4.73. The minimum Gasteiger partial charge on any atom is -0.394 e. The lowest BCUT2D eigenvalue weighted by atomic mass is 9.33. The van der Waals surface area contributed by atoms with Gasteiger partial charge in [-0.3, -0.25) is 4.79 Å². The summed E-state index contributed by atoms with van der Waals surface area (Å²) in [4.78, 5) is 12.2. The molecule has 118 valence electrons. The molecule has 0 unspecified atom stereocenters. The number of amides is 1. The van der Waals surface area contributed by atoms with Gasteiger partial charge in [0.1, 0.15) is 0 Å². The minimum atomic E-state index is -4.16. The number of piperidine rings is 1. The van der Waals surface area contributed by atoms with Crippen LogP contribution in [0.4, 0.5) is 13.2 Å². The van der Waals surface area contributed by atoms with Crippen LogP contribution in [0.5, 0.6) is 0 Å². The first kappa shape index (κ1) is 13.8. The molecule has 1 amide bonds. The fourth-order valence-corrected chi connectivity index (χ4v) is 4.73. The van der Waals surface area contributed by atoms with E-state index < -0.39 is 23.0 Å². The first-order chi connectivity index (χ1) is 9.79. The molecule has 5 fully saturated rings. The number of alkyl halides is 3. The van der Waals surface area contributed by atoms with E-state index >= 15 is 0 Å². The van der Waals surface area contributed by atoms with Gasteiger partial charge in [-0.05, 0) is 43.4 Å². The Bertz CT molecular complexity index is 463. The summed E-state index contributed by atoms with van der Waals surface area (Å²) in [5, 5.41) is 15.5. The zero-order valence-corrected chi connectivity index (χ0v) is 11.5. The molecule has 21 heavy (non-hydrogen) atoms. The zero-order valence-electron chi connectivity index (χ0n) is 11.5. The number of rotatable bonds is 4. The van der Waals surface area contributed by atoms with Gasteiger partial charge in [0.15, 0.2) is 0 Å². The highest BCUT2D eigenvalue weighted by atomic mass is 19.4. The van der Waals surface area contributed by atoms with Gasteiger partial charge in [0.2, 0.25) is 5.91 Å². The number of hydrogen-bond acceptors (Lipinski definition) is 3. The summed E-state index contributed by atoms with van der Waals surface area (Å²) in [5.74, 6) is 0.406. The van der Waals surface area contributed by atoms with Crippen LogP contribution in [-0.4, -0.2) is 41.9 Å². The van der Waals surface area contributed by atoms with Gasteiger partial charge in [0, 0.05) is 6.04 Å². The van der Waals surface area contributed by atoms with Gasteiger partial charge < -0.3 is 15.7 Å². The topological polar surface area (TPSA) is 61.4 Å². The molecule has 1 heterocycles. The van der Waals surface area contributed by atoms with Gasteiger partial charge in [-0.1, -0.05) is 0 Å². The summed E-state index contributed by atoms with van der Waals surface area (Å²) in [7, 11) is 0. The summed E-state index contributed by atoms with van der Waals surface area (Å²) >= 11 is 0. The van der Waals surface area contributed by atoms with E-state index in [1.165, 1.54) is 0 Å². The maximum Gasteiger partial charge on any atom is 0.394 e. The number of carbonyl (C=O) groups excluding carboxylic acids is 1. The molecule has 0 radical (unpaired) electrons. The second-order valence-electron chi connectivity index (χ2n) is 7.47. The molecule has 4 nitrogen and oxygen atoms in total. The molecular formula is C14H19F3N2O2. The van der Waals surface area contributed by atoms with Crippen molar-refractivity contribution in [3.05, 3.63) is 0 Å². The van der Waals surface area contributed by atoms with Crippen molar-refractivity contribution < 1.29 is 23.1 Å². The Kier molecular flexibility index (Phi) is 2.58. The van der Waals surface area contributed by atoms with Gasteiger partial charge in [-0.15, -0.1) is 0 Å². The van der Waals surface area contributed by atoms with Crippen LogP contribution in [0.15, 0.2) is 0 Å². The number of hydrogen-bond donors (Lipinski definition) is 3. The smallest absolute Gasteiger partial charge is 0.394 e. The second kappa shape index (κ2) is 3.93. The predicted octanol–water partition coefficient (Wildman–Crippen LogP) is 0.946. The highest BCUT2D eigenvalue weighted by Gasteiger charge is 2.80. The van der Waals surface area contributed by atoms with Crippen LogP contribution >= 0.6 is 0 Å². The van der Waals surface area contributed by atoms with E-state index in [1.807, 2.05) is 0 Å². The van der Waals surface area contributed by atoms with Crippen molar-refractivity contribution in [2.24, 2.45) is 16.7 Å². The molecule has 5 rings (SSSR count).